The van der Waals surface area contributed by atoms with Crippen molar-refractivity contribution in [3.05, 3.63) is 64.8 Å². The summed E-state index contributed by atoms with van der Waals surface area (Å²) in [5.41, 5.74) is 1.92. The van der Waals surface area contributed by atoms with Crippen LogP contribution in [0.1, 0.15) is 26.3 Å². The molecular formula is C24H25ClN2O4. The van der Waals surface area contributed by atoms with Crippen LogP contribution in [0.15, 0.2) is 54.2 Å². The topological polar surface area (TPSA) is 59.1 Å². The summed E-state index contributed by atoms with van der Waals surface area (Å²) in [4.78, 5) is 30.4. The van der Waals surface area contributed by atoms with Gasteiger partial charge in [-0.25, -0.2) is 4.90 Å². The summed E-state index contributed by atoms with van der Waals surface area (Å²) in [6.07, 6.45) is -0.109. The van der Waals surface area contributed by atoms with E-state index in [4.69, 9.17) is 21.1 Å². The van der Waals surface area contributed by atoms with Crippen molar-refractivity contribution < 1.29 is 19.1 Å². The Morgan fingerprint density at radius 2 is 1.71 bits per heavy atom. The minimum atomic E-state index is -0.359. The highest BCUT2D eigenvalue weighted by Crippen LogP contribution is 2.37. The molecule has 2 atom stereocenters. The Hall–Kier alpha value is -2.83. The lowest BCUT2D eigenvalue weighted by Gasteiger charge is -2.37. The first-order valence-electron chi connectivity index (χ1n) is 10.4. The van der Waals surface area contributed by atoms with Crippen molar-refractivity contribution in [2.45, 2.75) is 33.0 Å². The second-order valence-electron chi connectivity index (χ2n) is 7.77. The van der Waals surface area contributed by atoms with Crippen LogP contribution in [-0.4, -0.2) is 48.6 Å². The summed E-state index contributed by atoms with van der Waals surface area (Å²) in [5, 5.41) is 0.567. The monoisotopic (exact) mass is 440 g/mol. The van der Waals surface area contributed by atoms with E-state index in [1.165, 1.54) is 4.90 Å². The number of imide groups is 1. The fourth-order valence-corrected chi connectivity index (χ4v) is 4.29. The van der Waals surface area contributed by atoms with E-state index in [1.807, 2.05) is 25.7 Å². The second kappa shape index (κ2) is 8.73. The van der Waals surface area contributed by atoms with Crippen LogP contribution in [0.5, 0.6) is 5.75 Å². The molecule has 0 bridgehead atoms. The number of amides is 2. The molecule has 0 radical (unpaired) electrons. The lowest BCUT2D eigenvalue weighted by molar-refractivity contribution is -0.121. The Morgan fingerprint density at radius 3 is 2.35 bits per heavy atom. The molecule has 2 heterocycles. The van der Waals surface area contributed by atoms with E-state index in [9.17, 15) is 9.59 Å². The molecule has 6 nitrogen and oxygen atoms in total. The van der Waals surface area contributed by atoms with Gasteiger partial charge in [-0.1, -0.05) is 29.8 Å². The Kier molecular flexibility index (Phi) is 6.03. The molecule has 1 fully saturated rings. The van der Waals surface area contributed by atoms with Gasteiger partial charge in [0.25, 0.3) is 11.8 Å². The van der Waals surface area contributed by atoms with Gasteiger partial charge >= 0.3 is 0 Å². The van der Waals surface area contributed by atoms with Gasteiger partial charge in [0, 0.05) is 24.2 Å². The van der Waals surface area contributed by atoms with Crippen molar-refractivity contribution in [3.8, 4) is 5.75 Å². The van der Waals surface area contributed by atoms with Crippen LogP contribution in [0.2, 0.25) is 5.02 Å². The summed E-state index contributed by atoms with van der Waals surface area (Å²) >= 11 is 6.06. The molecule has 2 unspecified atom stereocenters. The summed E-state index contributed by atoms with van der Waals surface area (Å²) < 4.78 is 11.4. The summed E-state index contributed by atoms with van der Waals surface area (Å²) in [6.45, 7) is 7.38. The largest absolute Gasteiger partial charge is 0.494 e. The molecule has 4 rings (SSSR count). The minimum absolute atomic E-state index is 0.0547. The molecule has 1 saturated heterocycles. The number of morpholine rings is 1. The molecular weight excluding hydrogens is 416 g/mol. The Morgan fingerprint density at radius 1 is 1.03 bits per heavy atom. The molecule has 31 heavy (non-hydrogen) atoms. The lowest BCUT2D eigenvalue weighted by Crippen LogP contribution is -2.47. The van der Waals surface area contributed by atoms with Crippen molar-refractivity contribution in [1.29, 1.82) is 0 Å². The Bertz CT molecular complexity index is 1020. The zero-order valence-corrected chi connectivity index (χ0v) is 18.6. The van der Waals surface area contributed by atoms with E-state index in [0.717, 1.165) is 0 Å². The second-order valence-corrected chi connectivity index (χ2v) is 8.21. The maximum absolute atomic E-state index is 13.6. The van der Waals surface area contributed by atoms with E-state index < -0.39 is 0 Å². The van der Waals surface area contributed by atoms with Gasteiger partial charge in [0.2, 0.25) is 0 Å². The third-order valence-corrected chi connectivity index (χ3v) is 5.57. The molecule has 2 aliphatic rings. The first kappa shape index (κ1) is 21.4. The third-order valence-electron chi connectivity index (χ3n) is 5.31. The number of rotatable bonds is 5. The van der Waals surface area contributed by atoms with Crippen LogP contribution < -0.4 is 9.64 Å². The van der Waals surface area contributed by atoms with E-state index >= 15 is 0 Å². The maximum atomic E-state index is 13.6. The fraction of sp³-hybridized carbons (Fsp3) is 0.333. The van der Waals surface area contributed by atoms with Crippen molar-refractivity contribution in [2.75, 3.05) is 24.6 Å². The molecule has 7 heteroatoms. The highest BCUT2D eigenvalue weighted by molar-refractivity contribution is 6.45. The van der Waals surface area contributed by atoms with Gasteiger partial charge in [0.1, 0.15) is 11.4 Å². The Balaban J connectivity index is 1.80. The van der Waals surface area contributed by atoms with Crippen LogP contribution in [-0.2, 0) is 14.3 Å². The van der Waals surface area contributed by atoms with Gasteiger partial charge in [-0.2, -0.15) is 0 Å². The number of benzene rings is 2. The lowest BCUT2D eigenvalue weighted by atomic mass is 10.0. The SMILES string of the molecule is CCOc1cccc(N2C(=O)C(c3ccc(Cl)cc3)=C(N3CC(C)OC(C)C3)C2=O)c1. The number of carbonyl (C=O) groups is 2. The zero-order valence-electron chi connectivity index (χ0n) is 17.8. The molecule has 0 saturated carbocycles. The van der Waals surface area contributed by atoms with Crippen molar-refractivity contribution in [3.63, 3.8) is 0 Å². The van der Waals surface area contributed by atoms with E-state index in [2.05, 4.69) is 0 Å². The van der Waals surface area contributed by atoms with Crippen molar-refractivity contribution in [1.82, 2.24) is 4.90 Å². The summed E-state index contributed by atoms with van der Waals surface area (Å²) in [7, 11) is 0. The smallest absolute Gasteiger partial charge is 0.282 e. The molecule has 0 aliphatic carbocycles. The van der Waals surface area contributed by atoms with Crippen molar-refractivity contribution >= 4 is 34.7 Å². The average molecular weight is 441 g/mol. The highest BCUT2D eigenvalue weighted by Gasteiger charge is 2.44. The first-order valence-corrected chi connectivity index (χ1v) is 10.8. The molecule has 162 valence electrons. The number of anilines is 1. The first-order chi connectivity index (χ1) is 14.9. The van der Waals surface area contributed by atoms with Crippen molar-refractivity contribution in [2.24, 2.45) is 0 Å². The van der Waals surface area contributed by atoms with Crippen LogP contribution >= 0.6 is 11.6 Å². The minimum Gasteiger partial charge on any atom is -0.494 e. The van der Waals surface area contributed by atoms with Crippen LogP contribution in [0.4, 0.5) is 5.69 Å². The van der Waals surface area contributed by atoms with E-state index in [-0.39, 0.29) is 24.0 Å². The third kappa shape index (κ3) is 4.18. The summed E-state index contributed by atoms with van der Waals surface area (Å²) in [5.74, 6) is -0.0941. The number of carbonyl (C=O) groups excluding carboxylic acids is 2. The van der Waals surface area contributed by atoms with Crippen LogP contribution in [0.3, 0.4) is 0 Å². The maximum Gasteiger partial charge on any atom is 0.282 e. The molecule has 0 N–H and O–H groups in total. The molecule has 0 aromatic heterocycles. The molecule has 2 amide bonds. The average Bonchev–Trinajstić information content (AvgIpc) is 2.98. The zero-order chi connectivity index (χ0) is 22.1. The predicted octanol–water partition coefficient (Wildman–Crippen LogP) is 4.13. The van der Waals surface area contributed by atoms with Gasteiger partial charge in [-0.15, -0.1) is 0 Å². The number of ether oxygens (including phenoxy) is 2. The van der Waals surface area contributed by atoms with Gasteiger partial charge in [-0.05, 0) is 50.6 Å². The van der Waals surface area contributed by atoms with Gasteiger partial charge in [-0.3, -0.25) is 9.59 Å². The van der Waals surface area contributed by atoms with Crippen LogP contribution in [0.25, 0.3) is 5.57 Å². The van der Waals surface area contributed by atoms with Crippen LogP contribution in [0, 0.1) is 0 Å². The standard InChI is InChI=1S/C24H25ClN2O4/c1-4-30-20-7-5-6-19(12-20)27-23(28)21(17-8-10-18(25)11-9-17)22(24(27)29)26-13-15(2)31-16(3)14-26/h5-12,15-16H,4,13-14H2,1-3H3. The quantitative estimate of drug-likeness (QED) is 0.654. The number of nitrogens with zero attached hydrogens (tertiary/aromatic N) is 2. The normalized spacial score (nSPS) is 21.8. The number of hydrogen-bond acceptors (Lipinski definition) is 5. The molecule has 2 aromatic carbocycles. The molecule has 0 spiro atoms. The van der Waals surface area contributed by atoms with E-state index in [1.54, 1.807) is 48.5 Å². The van der Waals surface area contributed by atoms with Gasteiger partial charge in [0.15, 0.2) is 0 Å². The molecule has 2 aliphatic heterocycles. The van der Waals surface area contributed by atoms with E-state index in [0.29, 0.717) is 53.0 Å². The summed E-state index contributed by atoms with van der Waals surface area (Å²) in [6, 6.07) is 14.0. The number of hydrogen-bond donors (Lipinski definition) is 0. The fourth-order valence-electron chi connectivity index (χ4n) is 4.16. The van der Waals surface area contributed by atoms with Gasteiger partial charge in [0.05, 0.1) is 30.1 Å². The number of halogens is 1. The molecule has 2 aromatic rings. The predicted molar refractivity (Wildman–Crippen MR) is 120 cm³/mol. The van der Waals surface area contributed by atoms with Gasteiger partial charge < -0.3 is 14.4 Å². The Labute approximate surface area is 187 Å². The highest BCUT2D eigenvalue weighted by atomic mass is 35.5.